The van der Waals surface area contributed by atoms with Crippen LogP contribution in [0.3, 0.4) is 0 Å². The Morgan fingerprint density at radius 3 is 2.85 bits per heavy atom. The third-order valence-electron chi connectivity index (χ3n) is 3.88. The number of nitrogens with zero attached hydrogens (tertiary/aromatic N) is 3. The molecule has 3 rings (SSSR count). The van der Waals surface area contributed by atoms with Gasteiger partial charge in [-0.1, -0.05) is 12.1 Å². The summed E-state index contributed by atoms with van der Waals surface area (Å²) in [4.78, 5) is 6.89. The largest absolute Gasteiger partial charge is 0.338 e. The van der Waals surface area contributed by atoms with Crippen molar-refractivity contribution in [1.29, 1.82) is 0 Å². The molecular weight excluding hydrogens is 250 g/mol. The molecule has 1 aliphatic rings. The summed E-state index contributed by atoms with van der Waals surface area (Å²) >= 11 is 0. The summed E-state index contributed by atoms with van der Waals surface area (Å²) in [5, 5.41) is 10.8. The van der Waals surface area contributed by atoms with E-state index in [2.05, 4.69) is 57.4 Å². The van der Waals surface area contributed by atoms with Gasteiger partial charge in [-0.25, -0.2) is 0 Å². The van der Waals surface area contributed by atoms with Crippen LogP contribution in [0.4, 0.5) is 5.95 Å². The van der Waals surface area contributed by atoms with Crippen LogP contribution in [0.15, 0.2) is 18.2 Å². The molecule has 0 bridgehead atoms. The smallest absolute Gasteiger partial charge is 0.245 e. The highest BCUT2D eigenvalue weighted by molar-refractivity contribution is 5.58. The standard InChI is InChI=1S/C15H21N5/c1-11-4-5-13(10-12(11)2)14-17-15(19-18-14)20-8-3-6-16-7-9-20/h4-5,10,16H,3,6-9H2,1-2H3,(H,17,18,19). The quantitative estimate of drug-likeness (QED) is 0.876. The van der Waals surface area contributed by atoms with Crippen LogP contribution in [-0.2, 0) is 0 Å². The number of aromatic nitrogens is 3. The molecule has 0 spiro atoms. The van der Waals surface area contributed by atoms with Gasteiger partial charge in [0.25, 0.3) is 0 Å². The van der Waals surface area contributed by atoms with Crippen LogP contribution in [0.2, 0.25) is 0 Å². The van der Waals surface area contributed by atoms with E-state index in [4.69, 9.17) is 0 Å². The molecule has 0 aliphatic carbocycles. The number of benzene rings is 1. The van der Waals surface area contributed by atoms with Gasteiger partial charge in [0, 0.05) is 25.2 Å². The van der Waals surface area contributed by atoms with Gasteiger partial charge in [0.1, 0.15) is 0 Å². The predicted molar refractivity (Wildman–Crippen MR) is 81.0 cm³/mol. The molecule has 1 aromatic heterocycles. The number of aryl methyl sites for hydroxylation is 2. The van der Waals surface area contributed by atoms with E-state index in [1.54, 1.807) is 0 Å². The number of rotatable bonds is 2. The van der Waals surface area contributed by atoms with Gasteiger partial charge in [0.15, 0.2) is 5.82 Å². The molecule has 5 heteroatoms. The first-order valence-corrected chi connectivity index (χ1v) is 7.20. The van der Waals surface area contributed by atoms with Crippen LogP contribution in [0.5, 0.6) is 0 Å². The van der Waals surface area contributed by atoms with E-state index in [0.29, 0.717) is 0 Å². The Labute approximate surface area is 119 Å². The Balaban J connectivity index is 1.83. The van der Waals surface area contributed by atoms with Crippen molar-refractivity contribution in [3.63, 3.8) is 0 Å². The lowest BCUT2D eigenvalue weighted by molar-refractivity contribution is 0.724. The molecule has 1 fully saturated rings. The number of H-pyrrole nitrogens is 1. The highest BCUT2D eigenvalue weighted by atomic mass is 15.4. The summed E-state index contributed by atoms with van der Waals surface area (Å²) in [6, 6.07) is 6.38. The monoisotopic (exact) mass is 271 g/mol. The fourth-order valence-corrected chi connectivity index (χ4v) is 2.46. The summed E-state index contributed by atoms with van der Waals surface area (Å²) in [7, 11) is 0. The summed E-state index contributed by atoms with van der Waals surface area (Å²) in [5.74, 6) is 1.65. The zero-order valence-electron chi connectivity index (χ0n) is 12.1. The molecule has 0 radical (unpaired) electrons. The number of anilines is 1. The average molecular weight is 271 g/mol. The van der Waals surface area contributed by atoms with Gasteiger partial charge in [-0.05, 0) is 44.0 Å². The molecule has 0 amide bonds. The van der Waals surface area contributed by atoms with Gasteiger partial charge in [0.05, 0.1) is 0 Å². The van der Waals surface area contributed by atoms with Crippen molar-refractivity contribution in [1.82, 2.24) is 20.5 Å². The minimum absolute atomic E-state index is 0.807. The van der Waals surface area contributed by atoms with Gasteiger partial charge in [0.2, 0.25) is 5.95 Å². The molecule has 1 saturated heterocycles. The first-order chi connectivity index (χ1) is 9.74. The highest BCUT2D eigenvalue weighted by Crippen LogP contribution is 2.20. The maximum absolute atomic E-state index is 4.65. The maximum atomic E-state index is 4.65. The third-order valence-corrected chi connectivity index (χ3v) is 3.88. The van der Waals surface area contributed by atoms with Crippen LogP contribution in [0.1, 0.15) is 17.5 Å². The molecule has 0 unspecified atom stereocenters. The fraction of sp³-hybridized carbons (Fsp3) is 0.467. The number of hydrogen-bond acceptors (Lipinski definition) is 4. The maximum Gasteiger partial charge on any atom is 0.245 e. The first kappa shape index (κ1) is 13.1. The second-order valence-electron chi connectivity index (χ2n) is 5.37. The van der Waals surface area contributed by atoms with Crippen molar-refractivity contribution < 1.29 is 0 Å². The summed E-state index contributed by atoms with van der Waals surface area (Å²) < 4.78 is 0. The lowest BCUT2D eigenvalue weighted by Crippen LogP contribution is -2.28. The Morgan fingerprint density at radius 2 is 2.00 bits per heavy atom. The molecule has 2 N–H and O–H groups in total. The van der Waals surface area contributed by atoms with E-state index in [0.717, 1.165) is 49.9 Å². The van der Waals surface area contributed by atoms with Crippen molar-refractivity contribution in [2.75, 3.05) is 31.1 Å². The fourth-order valence-electron chi connectivity index (χ4n) is 2.46. The topological polar surface area (TPSA) is 56.8 Å². The number of nitrogens with one attached hydrogen (secondary N) is 2. The average Bonchev–Trinajstić information content (AvgIpc) is 2.78. The van der Waals surface area contributed by atoms with Crippen LogP contribution in [0, 0.1) is 13.8 Å². The summed E-state index contributed by atoms with van der Waals surface area (Å²) in [6.45, 7) is 8.28. The van der Waals surface area contributed by atoms with Crippen LogP contribution < -0.4 is 10.2 Å². The van der Waals surface area contributed by atoms with Gasteiger partial charge >= 0.3 is 0 Å². The van der Waals surface area contributed by atoms with E-state index in [9.17, 15) is 0 Å². The zero-order valence-corrected chi connectivity index (χ0v) is 12.1. The van der Waals surface area contributed by atoms with E-state index in [1.807, 2.05) is 0 Å². The first-order valence-electron chi connectivity index (χ1n) is 7.20. The Kier molecular flexibility index (Phi) is 3.69. The van der Waals surface area contributed by atoms with Crippen molar-refractivity contribution in [2.24, 2.45) is 0 Å². The van der Waals surface area contributed by atoms with Crippen molar-refractivity contribution in [3.05, 3.63) is 29.3 Å². The highest BCUT2D eigenvalue weighted by Gasteiger charge is 2.14. The Morgan fingerprint density at radius 1 is 1.10 bits per heavy atom. The molecule has 1 aromatic carbocycles. The molecule has 0 atom stereocenters. The predicted octanol–water partition coefficient (Wildman–Crippen LogP) is 1.89. The second kappa shape index (κ2) is 5.63. The van der Waals surface area contributed by atoms with Gasteiger partial charge in [-0.2, -0.15) is 4.98 Å². The molecule has 2 aromatic rings. The SMILES string of the molecule is Cc1ccc(-c2nc(N3CCCNCC3)n[nH]2)cc1C. The van der Waals surface area contributed by atoms with Gasteiger partial charge in [-0.3, -0.25) is 5.10 Å². The minimum Gasteiger partial charge on any atom is -0.338 e. The molecule has 5 nitrogen and oxygen atoms in total. The molecule has 106 valence electrons. The van der Waals surface area contributed by atoms with Crippen molar-refractivity contribution in [3.8, 4) is 11.4 Å². The lowest BCUT2D eigenvalue weighted by Gasteiger charge is -2.16. The normalized spacial score (nSPS) is 16.2. The van der Waals surface area contributed by atoms with Crippen LogP contribution in [0.25, 0.3) is 11.4 Å². The van der Waals surface area contributed by atoms with Crippen LogP contribution in [-0.4, -0.2) is 41.4 Å². The van der Waals surface area contributed by atoms with Crippen molar-refractivity contribution >= 4 is 5.95 Å². The minimum atomic E-state index is 0.807. The molecule has 20 heavy (non-hydrogen) atoms. The molecule has 1 aliphatic heterocycles. The van der Waals surface area contributed by atoms with Gasteiger partial charge in [-0.15, -0.1) is 5.10 Å². The van der Waals surface area contributed by atoms with Crippen LogP contribution >= 0.6 is 0 Å². The second-order valence-corrected chi connectivity index (χ2v) is 5.37. The Bertz CT molecular complexity index is 582. The van der Waals surface area contributed by atoms with E-state index < -0.39 is 0 Å². The van der Waals surface area contributed by atoms with E-state index >= 15 is 0 Å². The lowest BCUT2D eigenvalue weighted by atomic mass is 10.1. The molecular formula is C15H21N5. The molecule has 2 heterocycles. The zero-order chi connectivity index (χ0) is 13.9. The number of hydrogen-bond donors (Lipinski definition) is 2. The van der Waals surface area contributed by atoms with Crippen molar-refractivity contribution in [2.45, 2.75) is 20.3 Å². The Hall–Kier alpha value is -1.88. The summed E-state index contributed by atoms with van der Waals surface area (Å²) in [6.07, 6.45) is 1.13. The van der Waals surface area contributed by atoms with E-state index in [-0.39, 0.29) is 0 Å². The van der Waals surface area contributed by atoms with E-state index in [1.165, 1.54) is 11.1 Å². The third kappa shape index (κ3) is 2.67. The van der Waals surface area contributed by atoms with Gasteiger partial charge < -0.3 is 10.2 Å². The molecule has 0 saturated carbocycles. The summed E-state index contributed by atoms with van der Waals surface area (Å²) in [5.41, 5.74) is 3.67. The number of aromatic amines is 1.